The van der Waals surface area contributed by atoms with Gasteiger partial charge in [0.2, 0.25) is 11.8 Å². The minimum atomic E-state index is -4.19. The summed E-state index contributed by atoms with van der Waals surface area (Å²) < 4.78 is 29.0. The monoisotopic (exact) mass is 651 g/mol. The summed E-state index contributed by atoms with van der Waals surface area (Å²) in [5.41, 5.74) is 1.83. The van der Waals surface area contributed by atoms with Gasteiger partial charge in [-0.2, -0.15) is 0 Å². The largest absolute Gasteiger partial charge is 0.354 e. The minimum absolute atomic E-state index is 0.0233. The van der Waals surface area contributed by atoms with E-state index in [1.807, 2.05) is 37.3 Å². The smallest absolute Gasteiger partial charge is 0.264 e. The van der Waals surface area contributed by atoms with Gasteiger partial charge in [0.25, 0.3) is 10.0 Å². The lowest BCUT2D eigenvalue weighted by Gasteiger charge is -2.34. The van der Waals surface area contributed by atoms with Crippen molar-refractivity contribution >= 4 is 50.7 Å². The van der Waals surface area contributed by atoms with Gasteiger partial charge in [0, 0.05) is 29.6 Å². The van der Waals surface area contributed by atoms with E-state index >= 15 is 0 Å². The highest BCUT2D eigenvalue weighted by Gasteiger charge is 2.34. The minimum Gasteiger partial charge on any atom is -0.354 e. The molecule has 0 aliphatic carbocycles. The maximum absolute atomic E-state index is 14.4. The summed E-state index contributed by atoms with van der Waals surface area (Å²) in [5, 5.41) is 3.83. The Hall–Kier alpha value is -3.85. The van der Waals surface area contributed by atoms with Crippen LogP contribution in [-0.2, 0) is 32.6 Å². The molecule has 7 nitrogen and oxygen atoms in total. The van der Waals surface area contributed by atoms with Gasteiger partial charge in [0.1, 0.15) is 12.6 Å². The number of hydrogen-bond acceptors (Lipinski definition) is 4. The summed E-state index contributed by atoms with van der Waals surface area (Å²) >= 11 is 12.4. The van der Waals surface area contributed by atoms with E-state index in [0.29, 0.717) is 16.6 Å². The number of amides is 2. The normalized spacial score (nSPS) is 11.9. The molecular formula is C34H35Cl2N3O4S. The van der Waals surface area contributed by atoms with E-state index in [-0.39, 0.29) is 29.5 Å². The molecule has 1 atom stereocenters. The van der Waals surface area contributed by atoms with Crippen LogP contribution < -0.4 is 9.62 Å². The number of carbonyl (C=O) groups excluding carboxylic acids is 2. The topological polar surface area (TPSA) is 86.8 Å². The Bertz CT molecular complexity index is 1640. The van der Waals surface area contributed by atoms with Gasteiger partial charge in [-0.05, 0) is 60.0 Å². The average molecular weight is 653 g/mol. The Morgan fingerprint density at radius 3 is 2.09 bits per heavy atom. The fourth-order valence-electron chi connectivity index (χ4n) is 4.73. The van der Waals surface area contributed by atoms with Crippen LogP contribution in [0.1, 0.15) is 30.9 Å². The van der Waals surface area contributed by atoms with Gasteiger partial charge in [-0.3, -0.25) is 13.9 Å². The summed E-state index contributed by atoms with van der Waals surface area (Å²) in [5.74, 6) is -0.865. The van der Waals surface area contributed by atoms with Crippen molar-refractivity contribution in [3.63, 3.8) is 0 Å². The third-order valence-electron chi connectivity index (χ3n) is 7.07. The first kappa shape index (κ1) is 33.1. The highest BCUT2D eigenvalue weighted by Crippen LogP contribution is 2.27. The molecule has 0 radical (unpaired) electrons. The second kappa shape index (κ2) is 15.7. The molecule has 10 heteroatoms. The third kappa shape index (κ3) is 8.85. The summed E-state index contributed by atoms with van der Waals surface area (Å²) in [6.07, 6.45) is 1.91. The molecule has 1 N–H and O–H groups in total. The zero-order chi connectivity index (χ0) is 31.5. The molecule has 4 aromatic rings. The summed E-state index contributed by atoms with van der Waals surface area (Å²) in [6, 6.07) is 29.7. The Labute approximate surface area is 269 Å². The van der Waals surface area contributed by atoms with Crippen molar-refractivity contribution in [3.8, 4) is 0 Å². The molecule has 230 valence electrons. The molecule has 0 aliphatic heterocycles. The first-order chi connectivity index (χ1) is 21.2. The predicted octanol–water partition coefficient (Wildman–Crippen LogP) is 6.75. The number of nitrogens with one attached hydrogen (secondary N) is 1. The van der Waals surface area contributed by atoms with Crippen LogP contribution in [0.15, 0.2) is 114 Å². The van der Waals surface area contributed by atoms with Crippen molar-refractivity contribution < 1.29 is 18.0 Å². The van der Waals surface area contributed by atoms with E-state index in [1.165, 1.54) is 23.1 Å². The summed E-state index contributed by atoms with van der Waals surface area (Å²) in [6.45, 7) is 1.99. The average Bonchev–Trinajstić information content (AvgIpc) is 3.03. The lowest BCUT2D eigenvalue weighted by atomic mass is 10.0. The van der Waals surface area contributed by atoms with Gasteiger partial charge in [-0.25, -0.2) is 8.42 Å². The van der Waals surface area contributed by atoms with Gasteiger partial charge in [-0.1, -0.05) is 103 Å². The number of benzene rings is 4. The number of rotatable bonds is 14. The lowest BCUT2D eigenvalue weighted by molar-refractivity contribution is -0.140. The highest BCUT2D eigenvalue weighted by molar-refractivity contribution is 7.92. The van der Waals surface area contributed by atoms with E-state index in [2.05, 4.69) is 5.32 Å². The number of unbranched alkanes of at least 4 members (excludes halogenated alkanes) is 1. The first-order valence-electron chi connectivity index (χ1n) is 14.4. The molecule has 0 unspecified atom stereocenters. The van der Waals surface area contributed by atoms with E-state index < -0.39 is 28.5 Å². The van der Waals surface area contributed by atoms with E-state index in [1.54, 1.807) is 60.7 Å². The molecule has 4 aromatic carbocycles. The van der Waals surface area contributed by atoms with Gasteiger partial charge in [0.05, 0.1) is 10.6 Å². The van der Waals surface area contributed by atoms with E-state index in [9.17, 15) is 18.0 Å². The number of hydrogen-bond donors (Lipinski definition) is 1. The second-order valence-corrected chi connectivity index (χ2v) is 13.0. The molecule has 0 heterocycles. The van der Waals surface area contributed by atoms with Crippen LogP contribution in [0.5, 0.6) is 0 Å². The summed E-state index contributed by atoms with van der Waals surface area (Å²) in [7, 11) is -4.19. The lowest BCUT2D eigenvalue weighted by Crippen LogP contribution is -2.53. The fraction of sp³-hybridized carbons (Fsp3) is 0.235. The van der Waals surface area contributed by atoms with Crippen LogP contribution in [0.2, 0.25) is 10.0 Å². The number of sulfonamides is 1. The van der Waals surface area contributed by atoms with Crippen molar-refractivity contribution in [3.05, 3.63) is 130 Å². The molecule has 0 saturated heterocycles. The zero-order valence-corrected chi connectivity index (χ0v) is 26.7. The van der Waals surface area contributed by atoms with Gasteiger partial charge >= 0.3 is 0 Å². The van der Waals surface area contributed by atoms with Crippen molar-refractivity contribution in [2.75, 3.05) is 17.4 Å². The molecule has 0 spiro atoms. The maximum Gasteiger partial charge on any atom is 0.264 e. The predicted molar refractivity (Wildman–Crippen MR) is 176 cm³/mol. The Morgan fingerprint density at radius 1 is 0.795 bits per heavy atom. The second-order valence-electron chi connectivity index (χ2n) is 10.3. The standard InChI is InChI=1S/C34H35Cl2N3O4S/c1-2-3-21-37-34(41)32(22-26-11-6-4-7-12-26)38(24-27-17-19-28(35)20-18-27)33(40)25-39(30-14-10-13-29(36)23-30)44(42,43)31-15-8-5-9-16-31/h4-20,23,32H,2-3,21-22,24-25H2,1H3,(H,37,41)/t32-/m1/s1. The number of halogens is 2. The van der Waals surface area contributed by atoms with Crippen molar-refractivity contribution in [1.29, 1.82) is 0 Å². The molecule has 0 saturated carbocycles. The molecule has 0 aromatic heterocycles. The Morgan fingerprint density at radius 2 is 1.45 bits per heavy atom. The van der Waals surface area contributed by atoms with Gasteiger partial charge < -0.3 is 10.2 Å². The van der Waals surface area contributed by atoms with E-state index in [4.69, 9.17) is 23.2 Å². The van der Waals surface area contributed by atoms with Crippen LogP contribution in [0.25, 0.3) is 0 Å². The van der Waals surface area contributed by atoms with Crippen LogP contribution in [-0.4, -0.2) is 44.3 Å². The van der Waals surface area contributed by atoms with Crippen LogP contribution in [0.3, 0.4) is 0 Å². The quantitative estimate of drug-likeness (QED) is 0.153. The number of nitrogens with zero attached hydrogens (tertiary/aromatic N) is 2. The molecule has 2 amide bonds. The van der Waals surface area contributed by atoms with Crippen LogP contribution >= 0.6 is 23.2 Å². The molecule has 4 rings (SSSR count). The number of carbonyl (C=O) groups is 2. The maximum atomic E-state index is 14.4. The highest BCUT2D eigenvalue weighted by atomic mass is 35.5. The number of anilines is 1. The van der Waals surface area contributed by atoms with Crippen molar-refractivity contribution in [2.45, 2.75) is 43.7 Å². The fourth-order valence-corrected chi connectivity index (χ4v) is 6.46. The van der Waals surface area contributed by atoms with Crippen molar-refractivity contribution in [1.82, 2.24) is 10.2 Å². The zero-order valence-electron chi connectivity index (χ0n) is 24.4. The van der Waals surface area contributed by atoms with Crippen LogP contribution in [0, 0.1) is 0 Å². The Kier molecular flexibility index (Phi) is 11.8. The van der Waals surface area contributed by atoms with Gasteiger partial charge in [-0.15, -0.1) is 0 Å². The van der Waals surface area contributed by atoms with Crippen molar-refractivity contribution in [2.24, 2.45) is 0 Å². The molecule has 0 aliphatic rings. The van der Waals surface area contributed by atoms with E-state index in [0.717, 1.165) is 28.3 Å². The molecule has 0 fully saturated rings. The molecule has 0 bridgehead atoms. The molecular weight excluding hydrogens is 617 g/mol. The van der Waals surface area contributed by atoms with Crippen LogP contribution in [0.4, 0.5) is 5.69 Å². The Balaban J connectivity index is 1.78. The first-order valence-corrected chi connectivity index (χ1v) is 16.6. The summed E-state index contributed by atoms with van der Waals surface area (Å²) in [4.78, 5) is 29.6. The SMILES string of the molecule is CCCCNC(=O)[C@@H](Cc1ccccc1)N(Cc1ccc(Cl)cc1)C(=O)CN(c1cccc(Cl)c1)S(=O)(=O)c1ccccc1. The van der Waals surface area contributed by atoms with Gasteiger partial charge in [0.15, 0.2) is 0 Å². The third-order valence-corrected chi connectivity index (χ3v) is 9.35. The molecule has 44 heavy (non-hydrogen) atoms.